The van der Waals surface area contributed by atoms with E-state index in [1.165, 1.54) is 72.3 Å². The lowest BCUT2D eigenvalue weighted by Gasteiger charge is -2.16. The number of aryl methyl sites for hydroxylation is 8. The Labute approximate surface area is 425 Å². The minimum absolute atomic E-state index is 0.434. The van der Waals surface area contributed by atoms with E-state index in [1.54, 1.807) is 0 Å². The van der Waals surface area contributed by atoms with Crippen molar-refractivity contribution in [1.82, 2.24) is 20.3 Å². The van der Waals surface area contributed by atoms with Gasteiger partial charge in [-0.25, -0.2) is 19.9 Å². The third-order valence-corrected chi connectivity index (χ3v) is 13.2. The van der Waals surface area contributed by atoms with Crippen LogP contribution in [0.2, 0.25) is 0 Å². The predicted octanol–water partition coefficient (Wildman–Crippen LogP) is 16.6. The van der Waals surface area contributed by atoms with Gasteiger partial charge in [0.05, 0.1) is 5.70 Å². The molecule has 1 aliphatic rings. The normalized spacial score (nSPS) is 13.5. The number of nitrogens with one attached hydrogen (secondary N) is 1. The van der Waals surface area contributed by atoms with E-state index in [9.17, 15) is 0 Å². The number of nitrogens with zero attached hydrogens (tertiary/aromatic N) is 4. The van der Waals surface area contributed by atoms with Gasteiger partial charge in [-0.15, -0.1) is 0 Å². The van der Waals surface area contributed by atoms with Gasteiger partial charge in [0.15, 0.2) is 11.6 Å². The number of hydrogen-bond donors (Lipinski definition) is 1. The van der Waals surface area contributed by atoms with Crippen LogP contribution >= 0.6 is 0 Å². The first-order valence-electron chi connectivity index (χ1n) is 25.1. The number of allylic oxidation sites excluding steroid dienone is 3. The molecule has 0 unspecified atom stereocenters. The summed E-state index contributed by atoms with van der Waals surface area (Å²) in [7, 11) is 0. The summed E-state index contributed by atoms with van der Waals surface area (Å²) in [6.07, 6.45) is 6.61. The Morgan fingerprint density at radius 1 is 0.333 bits per heavy atom. The summed E-state index contributed by atoms with van der Waals surface area (Å²) >= 11 is 0. The Morgan fingerprint density at radius 2 is 0.667 bits per heavy atom. The first-order chi connectivity index (χ1) is 34.8. The highest BCUT2D eigenvalue weighted by atomic mass is 15.1. The van der Waals surface area contributed by atoms with Crippen LogP contribution in [0.5, 0.6) is 0 Å². The van der Waals surface area contributed by atoms with Crippen molar-refractivity contribution in [3.05, 3.63) is 249 Å². The summed E-state index contributed by atoms with van der Waals surface area (Å²) in [4.78, 5) is 21.4. The third kappa shape index (κ3) is 11.2. The summed E-state index contributed by atoms with van der Waals surface area (Å²) < 4.78 is 0. The Morgan fingerprint density at radius 3 is 1.08 bits per heavy atom. The number of hydrogen-bond acceptors (Lipinski definition) is 5. The summed E-state index contributed by atoms with van der Waals surface area (Å²) in [6, 6.07) is 61.5. The molecule has 0 radical (unpaired) electrons. The van der Waals surface area contributed by atoms with E-state index < -0.39 is 0 Å². The Kier molecular flexibility index (Phi) is 13.6. The fraction of sp³-hybridized carbons (Fsp3) is 0.164. The lowest BCUT2D eigenvalue weighted by atomic mass is 9.98. The highest BCUT2D eigenvalue weighted by molar-refractivity contribution is 6.03. The monoisotopic (exact) mass is 935 g/mol. The van der Waals surface area contributed by atoms with Gasteiger partial charge in [-0.05, 0) is 137 Å². The number of aliphatic imine (C=N–C) groups is 1. The van der Waals surface area contributed by atoms with Crippen LogP contribution in [-0.4, -0.2) is 20.8 Å². The molecule has 1 N–H and O–H groups in total. The fourth-order valence-electron chi connectivity index (χ4n) is 10.2. The summed E-state index contributed by atoms with van der Waals surface area (Å²) in [5.74, 6) is 2.68. The van der Waals surface area contributed by atoms with Crippen molar-refractivity contribution in [2.75, 3.05) is 0 Å². The summed E-state index contributed by atoms with van der Waals surface area (Å²) in [6.45, 7) is 17.2. The van der Waals surface area contributed by atoms with Gasteiger partial charge in [0, 0.05) is 34.4 Å². The van der Waals surface area contributed by atoms with E-state index in [0.717, 1.165) is 69.0 Å². The maximum atomic E-state index is 5.57. The minimum Gasteiger partial charge on any atom is -0.343 e. The molecule has 0 saturated carbocycles. The maximum Gasteiger partial charge on any atom is 0.163 e. The second kappa shape index (κ2) is 20.6. The SMILES string of the molecule is Cc1cc(C)cc(-c2cccc(C3=CCC/C=C(\Cc4nc(-c5cccc(-c6cc(C)cc(C)c6)c5)nc(-c5cccc(-c6cc(C)cc(C)c6)c5)n4)NC(c4cccc(-c5cc(C)cc(C)c5)c4)=N3)c2)c1. The molecule has 1 aliphatic heterocycles. The molecule has 72 heavy (non-hydrogen) atoms. The van der Waals surface area contributed by atoms with Gasteiger partial charge in [-0.1, -0.05) is 202 Å². The quantitative estimate of drug-likeness (QED) is 0.148. The van der Waals surface area contributed by atoms with E-state index in [1.807, 2.05) is 0 Å². The second-order valence-corrected chi connectivity index (χ2v) is 19.9. The molecule has 354 valence electrons. The zero-order chi connectivity index (χ0) is 49.9. The zero-order valence-corrected chi connectivity index (χ0v) is 42.7. The van der Waals surface area contributed by atoms with Crippen molar-refractivity contribution >= 4 is 11.5 Å². The average Bonchev–Trinajstić information content (AvgIpc) is 3.46. The lowest BCUT2D eigenvalue weighted by Crippen LogP contribution is -2.26. The van der Waals surface area contributed by atoms with Crippen LogP contribution in [0.1, 0.15) is 74.3 Å². The molecule has 8 aromatic carbocycles. The molecule has 10 rings (SSSR count). The highest BCUT2D eigenvalue weighted by Crippen LogP contribution is 2.33. The smallest absolute Gasteiger partial charge is 0.163 e. The van der Waals surface area contributed by atoms with Crippen LogP contribution < -0.4 is 5.32 Å². The van der Waals surface area contributed by atoms with E-state index in [4.69, 9.17) is 19.9 Å². The summed E-state index contributed by atoms with van der Waals surface area (Å²) in [5.41, 5.74) is 25.0. The molecular weight excluding hydrogens is 875 g/mol. The topological polar surface area (TPSA) is 63.1 Å². The van der Waals surface area contributed by atoms with Crippen LogP contribution in [0.4, 0.5) is 0 Å². The molecule has 0 atom stereocenters. The van der Waals surface area contributed by atoms with Crippen LogP contribution in [0, 0.1) is 55.4 Å². The predicted molar refractivity (Wildman–Crippen MR) is 302 cm³/mol. The Balaban J connectivity index is 1.07. The van der Waals surface area contributed by atoms with Crippen molar-refractivity contribution < 1.29 is 0 Å². The Bertz CT molecular complexity index is 3430. The molecule has 2 heterocycles. The van der Waals surface area contributed by atoms with Gasteiger partial charge in [0.1, 0.15) is 11.7 Å². The second-order valence-electron chi connectivity index (χ2n) is 19.9. The van der Waals surface area contributed by atoms with Crippen LogP contribution in [-0.2, 0) is 6.42 Å². The molecule has 5 nitrogen and oxygen atoms in total. The minimum atomic E-state index is 0.434. The molecule has 0 aliphatic carbocycles. The molecular formula is C67H61N5. The molecule has 1 aromatic heterocycles. The van der Waals surface area contributed by atoms with Gasteiger partial charge in [-0.2, -0.15) is 0 Å². The van der Waals surface area contributed by atoms with Crippen molar-refractivity contribution in [1.29, 1.82) is 0 Å². The summed E-state index contributed by atoms with van der Waals surface area (Å²) in [5, 5.41) is 3.89. The lowest BCUT2D eigenvalue weighted by molar-refractivity contribution is 0.873. The number of benzene rings is 8. The molecule has 0 bridgehead atoms. The molecule has 0 amide bonds. The maximum absolute atomic E-state index is 5.57. The number of aromatic nitrogens is 3. The molecule has 5 heteroatoms. The standard InChI is InChI=1S/C67H61N5/c1-42-25-43(2)30-58(29-42)50-15-11-19-54(37-50)63-24-10-9-23-62(68-65(69-63)55-20-12-16-51(38-55)59-31-44(3)26-45(4)32-59)41-64-70-66(56-21-13-17-52(39-56)60-33-46(5)27-47(6)34-60)72-67(71-64)57-22-14-18-53(40-57)61-35-48(7)28-49(8)36-61/h11-40H,9-10,41H2,1-8H3,(H,68,69)/b62-23+,63-24?. The van der Waals surface area contributed by atoms with Gasteiger partial charge < -0.3 is 5.32 Å². The molecule has 0 fully saturated rings. The van der Waals surface area contributed by atoms with Gasteiger partial charge in [-0.3, -0.25) is 0 Å². The fourth-order valence-corrected chi connectivity index (χ4v) is 10.2. The van der Waals surface area contributed by atoms with E-state index in [2.05, 4.69) is 243 Å². The zero-order valence-electron chi connectivity index (χ0n) is 42.7. The first-order valence-corrected chi connectivity index (χ1v) is 25.1. The number of rotatable bonds is 10. The first kappa shape index (κ1) is 47.4. The van der Waals surface area contributed by atoms with Gasteiger partial charge in [0.2, 0.25) is 0 Å². The average molecular weight is 936 g/mol. The van der Waals surface area contributed by atoms with Crippen LogP contribution in [0.25, 0.3) is 73.0 Å². The Hall–Kier alpha value is -8.28. The highest BCUT2D eigenvalue weighted by Gasteiger charge is 2.18. The van der Waals surface area contributed by atoms with Gasteiger partial charge in [0.25, 0.3) is 0 Å². The third-order valence-electron chi connectivity index (χ3n) is 13.2. The molecule has 0 spiro atoms. The van der Waals surface area contributed by atoms with Crippen molar-refractivity contribution in [2.24, 2.45) is 4.99 Å². The van der Waals surface area contributed by atoms with Crippen LogP contribution in [0.3, 0.4) is 0 Å². The molecule has 9 aromatic rings. The van der Waals surface area contributed by atoms with Crippen molar-refractivity contribution in [3.63, 3.8) is 0 Å². The largest absolute Gasteiger partial charge is 0.343 e. The van der Waals surface area contributed by atoms with E-state index in [0.29, 0.717) is 23.9 Å². The van der Waals surface area contributed by atoms with Crippen molar-refractivity contribution in [3.8, 4) is 67.3 Å². The van der Waals surface area contributed by atoms with E-state index >= 15 is 0 Å². The molecule has 0 saturated heterocycles. The van der Waals surface area contributed by atoms with Gasteiger partial charge >= 0.3 is 0 Å². The van der Waals surface area contributed by atoms with Crippen molar-refractivity contribution in [2.45, 2.75) is 74.7 Å². The number of amidine groups is 1. The van der Waals surface area contributed by atoms with Crippen LogP contribution in [0.15, 0.2) is 193 Å². The van der Waals surface area contributed by atoms with E-state index in [-0.39, 0.29) is 0 Å².